The van der Waals surface area contributed by atoms with Gasteiger partial charge in [-0.25, -0.2) is 8.42 Å². The molecule has 2 amide bonds. The number of anilines is 1. The van der Waals surface area contributed by atoms with E-state index in [1.165, 1.54) is 6.08 Å². The first kappa shape index (κ1) is 22.1. The molecular formula is C22H23ClN2O4S. The average molecular weight is 447 g/mol. The van der Waals surface area contributed by atoms with Crippen molar-refractivity contribution >= 4 is 38.9 Å². The zero-order chi connectivity index (χ0) is 21.9. The molecule has 0 bridgehead atoms. The minimum Gasteiger partial charge on any atom is -0.346 e. The number of nitrogens with zero attached hydrogens (tertiary/aromatic N) is 1. The monoisotopic (exact) mass is 446 g/mol. The Kier molecular flexibility index (Phi) is 6.63. The Labute approximate surface area is 181 Å². The molecule has 2 aromatic rings. The lowest BCUT2D eigenvalue weighted by Crippen LogP contribution is -2.31. The molecule has 0 spiro atoms. The number of carbonyl (C=O) groups excluding carboxylic acids is 2. The molecule has 8 heteroatoms. The molecule has 0 radical (unpaired) electrons. The Bertz CT molecular complexity index is 1080. The normalized spacial score (nSPS) is 18.0. The van der Waals surface area contributed by atoms with Crippen LogP contribution in [0.2, 0.25) is 5.02 Å². The van der Waals surface area contributed by atoms with E-state index in [1.54, 1.807) is 36.1 Å². The summed E-state index contributed by atoms with van der Waals surface area (Å²) in [5.74, 6) is -0.320. The molecule has 158 valence electrons. The van der Waals surface area contributed by atoms with Crippen LogP contribution in [0.1, 0.15) is 41.7 Å². The minimum atomic E-state index is -3.25. The lowest BCUT2D eigenvalue weighted by atomic mass is 10.0. The number of amides is 2. The zero-order valence-corrected chi connectivity index (χ0v) is 18.3. The van der Waals surface area contributed by atoms with Gasteiger partial charge < -0.3 is 10.2 Å². The summed E-state index contributed by atoms with van der Waals surface area (Å²) >= 11 is 6.34. The lowest BCUT2D eigenvalue weighted by Gasteiger charge is -2.26. The van der Waals surface area contributed by atoms with Crippen LogP contribution in [0.4, 0.5) is 5.69 Å². The number of hydrogen-bond donors (Lipinski definition) is 1. The predicted molar refractivity (Wildman–Crippen MR) is 118 cm³/mol. The predicted octanol–water partition coefficient (Wildman–Crippen LogP) is 3.88. The SMILES string of the molecule is C[C@H](/C=C/S(C)(=O)=O)NC(=O)c1ccc(N2C(=O)CCC2c2ccccc2Cl)cc1. The van der Waals surface area contributed by atoms with Gasteiger partial charge in [0.15, 0.2) is 9.84 Å². The first-order chi connectivity index (χ1) is 14.2. The van der Waals surface area contributed by atoms with Crippen LogP contribution in [-0.2, 0) is 14.6 Å². The molecule has 0 saturated carbocycles. The van der Waals surface area contributed by atoms with Crippen LogP contribution in [0.15, 0.2) is 60.0 Å². The van der Waals surface area contributed by atoms with Crippen LogP contribution in [0.5, 0.6) is 0 Å². The number of rotatable bonds is 6. The van der Waals surface area contributed by atoms with Crippen molar-refractivity contribution in [2.75, 3.05) is 11.2 Å². The van der Waals surface area contributed by atoms with Crippen LogP contribution in [0.25, 0.3) is 0 Å². The molecule has 3 rings (SSSR count). The molecular weight excluding hydrogens is 424 g/mol. The quantitative estimate of drug-likeness (QED) is 0.729. The third-order valence-electron chi connectivity index (χ3n) is 4.86. The van der Waals surface area contributed by atoms with Gasteiger partial charge in [-0.2, -0.15) is 0 Å². The smallest absolute Gasteiger partial charge is 0.251 e. The van der Waals surface area contributed by atoms with Crippen molar-refractivity contribution in [3.8, 4) is 0 Å². The van der Waals surface area contributed by atoms with Gasteiger partial charge in [0.25, 0.3) is 5.91 Å². The van der Waals surface area contributed by atoms with Crippen LogP contribution in [0.3, 0.4) is 0 Å². The molecule has 2 aromatic carbocycles. The second kappa shape index (κ2) is 9.02. The fraction of sp³-hybridized carbons (Fsp3) is 0.273. The number of hydrogen-bond acceptors (Lipinski definition) is 4. The molecule has 2 atom stereocenters. The summed E-state index contributed by atoms with van der Waals surface area (Å²) in [6.45, 7) is 1.69. The van der Waals surface area contributed by atoms with Crippen molar-refractivity contribution in [3.63, 3.8) is 0 Å². The first-order valence-electron chi connectivity index (χ1n) is 9.51. The van der Waals surface area contributed by atoms with Gasteiger partial charge in [0, 0.05) is 40.4 Å². The molecule has 1 aliphatic rings. The number of nitrogens with one attached hydrogen (secondary N) is 1. The van der Waals surface area contributed by atoms with E-state index >= 15 is 0 Å². The van der Waals surface area contributed by atoms with Crippen LogP contribution in [-0.4, -0.2) is 32.5 Å². The van der Waals surface area contributed by atoms with Gasteiger partial charge in [-0.15, -0.1) is 0 Å². The minimum absolute atomic E-state index is 0.0108. The second-order valence-electron chi connectivity index (χ2n) is 7.31. The van der Waals surface area contributed by atoms with E-state index in [0.717, 1.165) is 17.2 Å². The molecule has 1 aliphatic heterocycles. The lowest BCUT2D eigenvalue weighted by molar-refractivity contribution is -0.117. The van der Waals surface area contributed by atoms with Crippen LogP contribution in [0, 0.1) is 0 Å². The molecule has 0 aromatic heterocycles. The van der Waals surface area contributed by atoms with Crippen molar-refractivity contribution in [3.05, 3.63) is 76.2 Å². The topological polar surface area (TPSA) is 83.6 Å². The molecule has 30 heavy (non-hydrogen) atoms. The third kappa shape index (κ3) is 5.29. The number of benzene rings is 2. The highest BCUT2D eigenvalue weighted by Gasteiger charge is 2.34. The Balaban J connectivity index is 1.76. The maximum atomic E-state index is 12.5. The number of sulfone groups is 1. The van der Waals surface area contributed by atoms with E-state index in [2.05, 4.69) is 5.32 Å². The fourth-order valence-electron chi connectivity index (χ4n) is 3.42. The highest BCUT2D eigenvalue weighted by Crippen LogP contribution is 2.39. The number of carbonyl (C=O) groups is 2. The molecule has 1 N–H and O–H groups in total. The largest absolute Gasteiger partial charge is 0.346 e. The van der Waals surface area contributed by atoms with Crippen molar-refractivity contribution in [2.45, 2.75) is 31.8 Å². The van der Waals surface area contributed by atoms with Crippen molar-refractivity contribution in [1.82, 2.24) is 5.32 Å². The van der Waals surface area contributed by atoms with E-state index in [-0.39, 0.29) is 17.9 Å². The molecule has 1 unspecified atom stereocenters. The third-order valence-corrected chi connectivity index (χ3v) is 5.85. The van der Waals surface area contributed by atoms with Gasteiger partial charge >= 0.3 is 0 Å². The summed E-state index contributed by atoms with van der Waals surface area (Å²) in [4.78, 5) is 26.7. The van der Waals surface area contributed by atoms with Gasteiger partial charge in [0.05, 0.1) is 6.04 Å². The molecule has 1 fully saturated rings. The summed E-state index contributed by atoms with van der Waals surface area (Å²) in [7, 11) is -3.25. The van der Waals surface area contributed by atoms with E-state index in [4.69, 9.17) is 11.6 Å². The van der Waals surface area contributed by atoms with Crippen molar-refractivity contribution < 1.29 is 18.0 Å². The summed E-state index contributed by atoms with van der Waals surface area (Å²) in [6.07, 6.45) is 3.61. The Morgan fingerprint density at radius 3 is 2.50 bits per heavy atom. The van der Waals surface area contributed by atoms with E-state index < -0.39 is 15.9 Å². The fourth-order valence-corrected chi connectivity index (χ4v) is 4.20. The summed E-state index contributed by atoms with van der Waals surface area (Å²) in [6, 6.07) is 13.7. The van der Waals surface area contributed by atoms with Crippen molar-refractivity contribution in [2.24, 2.45) is 0 Å². The first-order valence-corrected chi connectivity index (χ1v) is 11.8. The Morgan fingerprint density at radius 1 is 1.20 bits per heavy atom. The maximum Gasteiger partial charge on any atom is 0.251 e. The summed E-state index contributed by atoms with van der Waals surface area (Å²) < 4.78 is 22.4. The second-order valence-corrected chi connectivity index (χ2v) is 9.65. The molecule has 1 heterocycles. The maximum absolute atomic E-state index is 12.5. The van der Waals surface area contributed by atoms with Crippen LogP contribution < -0.4 is 10.2 Å². The molecule has 6 nitrogen and oxygen atoms in total. The highest BCUT2D eigenvalue weighted by atomic mass is 35.5. The van der Waals surface area contributed by atoms with Crippen molar-refractivity contribution in [1.29, 1.82) is 0 Å². The van der Waals surface area contributed by atoms with Gasteiger partial charge in [0.2, 0.25) is 5.91 Å². The van der Waals surface area contributed by atoms with Gasteiger partial charge in [-0.1, -0.05) is 35.9 Å². The summed E-state index contributed by atoms with van der Waals surface area (Å²) in [5, 5.41) is 4.40. The van der Waals surface area contributed by atoms with Gasteiger partial charge in [0.1, 0.15) is 0 Å². The highest BCUT2D eigenvalue weighted by molar-refractivity contribution is 7.93. The van der Waals surface area contributed by atoms with E-state index in [1.807, 2.05) is 24.3 Å². The molecule has 1 saturated heterocycles. The number of halogens is 1. The van der Waals surface area contributed by atoms with E-state index in [0.29, 0.717) is 29.1 Å². The standard InChI is InChI=1S/C22H23ClN2O4S/c1-15(13-14-30(2,28)29)24-22(27)16-7-9-17(10-8-16)25-20(11-12-21(25)26)18-5-3-4-6-19(18)23/h3-10,13-15,20H,11-12H2,1-2H3,(H,24,27)/b14-13+/t15-,20?/m1/s1. The van der Waals surface area contributed by atoms with Gasteiger partial charge in [-0.05, 0) is 49.2 Å². The zero-order valence-electron chi connectivity index (χ0n) is 16.7. The molecule has 0 aliphatic carbocycles. The van der Waals surface area contributed by atoms with E-state index in [9.17, 15) is 18.0 Å². The summed E-state index contributed by atoms with van der Waals surface area (Å²) in [5.41, 5.74) is 2.02. The average Bonchev–Trinajstić information content (AvgIpc) is 3.07. The Hall–Kier alpha value is -2.64. The van der Waals surface area contributed by atoms with Gasteiger partial charge in [-0.3, -0.25) is 9.59 Å². The Morgan fingerprint density at radius 2 is 1.87 bits per heavy atom. The van der Waals surface area contributed by atoms with Crippen LogP contribution >= 0.6 is 11.6 Å².